The monoisotopic (exact) mass is 269 g/mol. The van der Waals surface area contributed by atoms with Gasteiger partial charge in [0.25, 0.3) is 0 Å². The Morgan fingerprint density at radius 3 is 2.67 bits per heavy atom. The normalized spacial score (nSPS) is 13.7. The van der Waals surface area contributed by atoms with Crippen LogP contribution in [0, 0.1) is 5.92 Å². The summed E-state index contributed by atoms with van der Waals surface area (Å²) in [5.74, 6) is 1.19. The Kier molecular flexibility index (Phi) is 4.15. The van der Waals surface area contributed by atoms with E-state index >= 15 is 0 Å². The highest BCUT2D eigenvalue weighted by molar-refractivity contribution is 9.10. The third kappa shape index (κ3) is 3.23. The van der Waals surface area contributed by atoms with Crippen molar-refractivity contribution in [2.75, 3.05) is 0 Å². The molecule has 0 unspecified atom stereocenters. The highest BCUT2D eigenvalue weighted by Gasteiger charge is 1.99. The van der Waals surface area contributed by atoms with E-state index in [1.165, 1.54) is 5.57 Å². The van der Waals surface area contributed by atoms with Crippen molar-refractivity contribution in [3.63, 3.8) is 0 Å². The molecule has 0 saturated heterocycles. The predicted molar refractivity (Wildman–Crippen MR) is 67.0 cm³/mol. The van der Waals surface area contributed by atoms with Crippen LogP contribution >= 0.6 is 15.9 Å². The van der Waals surface area contributed by atoms with Crippen molar-refractivity contribution in [1.29, 1.82) is 0 Å². The molecule has 0 saturated carbocycles. The predicted octanol–water partition coefficient (Wildman–Crippen LogP) is 3.01. The number of hydrogen-bond acceptors (Lipinski definition) is 2. The zero-order valence-electron chi connectivity index (χ0n) is 9.24. The van der Waals surface area contributed by atoms with Gasteiger partial charge in [-0.2, -0.15) is 0 Å². The Balaban J connectivity index is 2.86. The maximum absolute atomic E-state index is 5.90. The van der Waals surface area contributed by atoms with Crippen molar-refractivity contribution in [3.8, 4) is 0 Å². The van der Waals surface area contributed by atoms with Crippen LogP contribution in [-0.4, -0.2) is 9.55 Å². The number of aromatic nitrogens is 2. The summed E-state index contributed by atoms with van der Waals surface area (Å²) in [5.41, 5.74) is 7.20. The maximum atomic E-state index is 5.90. The van der Waals surface area contributed by atoms with Crippen LogP contribution in [0.4, 0.5) is 0 Å². The Labute approximate surface area is 98.8 Å². The van der Waals surface area contributed by atoms with Crippen molar-refractivity contribution in [3.05, 3.63) is 34.9 Å². The van der Waals surface area contributed by atoms with Crippen molar-refractivity contribution in [2.45, 2.75) is 20.8 Å². The van der Waals surface area contributed by atoms with E-state index < -0.39 is 0 Å². The molecule has 0 aliphatic rings. The lowest BCUT2D eigenvalue weighted by atomic mass is 10.1. The lowest BCUT2D eigenvalue weighted by Gasteiger charge is -2.05. The Morgan fingerprint density at radius 1 is 1.53 bits per heavy atom. The molecule has 3 nitrogen and oxygen atoms in total. The van der Waals surface area contributed by atoms with Crippen LogP contribution < -0.4 is 5.73 Å². The van der Waals surface area contributed by atoms with E-state index in [-0.39, 0.29) is 0 Å². The third-order valence-electron chi connectivity index (χ3n) is 2.30. The fourth-order valence-electron chi connectivity index (χ4n) is 0.967. The van der Waals surface area contributed by atoms with Crippen LogP contribution in [0.25, 0.3) is 5.82 Å². The van der Waals surface area contributed by atoms with Gasteiger partial charge in [0.1, 0.15) is 5.82 Å². The quantitative estimate of drug-likeness (QED) is 0.858. The minimum absolute atomic E-state index is 0.542. The first-order chi connectivity index (χ1) is 7.02. The highest BCUT2D eigenvalue weighted by atomic mass is 79.9. The SMILES string of the molecule is C/C(=C\C=C(/N)n1ccnc1Br)C(C)C. The van der Waals surface area contributed by atoms with Crippen LogP contribution in [0.15, 0.2) is 34.9 Å². The first-order valence-corrected chi connectivity index (χ1v) is 5.65. The largest absolute Gasteiger partial charge is 0.385 e. The zero-order chi connectivity index (χ0) is 11.4. The second-order valence-electron chi connectivity index (χ2n) is 3.72. The minimum atomic E-state index is 0.542. The summed E-state index contributed by atoms with van der Waals surface area (Å²) in [6.07, 6.45) is 7.44. The van der Waals surface area contributed by atoms with Gasteiger partial charge >= 0.3 is 0 Å². The van der Waals surface area contributed by atoms with Crippen molar-refractivity contribution in [2.24, 2.45) is 11.7 Å². The van der Waals surface area contributed by atoms with E-state index in [0.29, 0.717) is 16.5 Å². The van der Waals surface area contributed by atoms with Gasteiger partial charge in [-0.1, -0.05) is 25.5 Å². The van der Waals surface area contributed by atoms with Gasteiger partial charge in [-0.3, -0.25) is 4.57 Å². The molecule has 1 rings (SSSR count). The number of allylic oxidation sites excluding steroid dienone is 3. The van der Waals surface area contributed by atoms with Crippen LogP contribution in [-0.2, 0) is 0 Å². The zero-order valence-corrected chi connectivity index (χ0v) is 10.8. The minimum Gasteiger partial charge on any atom is -0.385 e. The first kappa shape index (κ1) is 12.0. The number of hydrogen-bond donors (Lipinski definition) is 1. The van der Waals surface area contributed by atoms with Crippen LogP contribution in [0.1, 0.15) is 20.8 Å². The summed E-state index contributed by atoms with van der Waals surface area (Å²) >= 11 is 3.31. The number of nitrogens with two attached hydrogens (primary N) is 1. The molecule has 82 valence electrons. The molecule has 0 radical (unpaired) electrons. The summed E-state index contributed by atoms with van der Waals surface area (Å²) < 4.78 is 2.50. The van der Waals surface area contributed by atoms with E-state index in [1.807, 2.05) is 18.3 Å². The Morgan fingerprint density at radius 2 is 2.20 bits per heavy atom. The van der Waals surface area contributed by atoms with E-state index in [0.717, 1.165) is 0 Å². The molecule has 15 heavy (non-hydrogen) atoms. The summed E-state index contributed by atoms with van der Waals surface area (Å²) in [6.45, 7) is 6.41. The molecular formula is C11H16BrN3. The van der Waals surface area contributed by atoms with E-state index in [1.54, 1.807) is 10.8 Å². The van der Waals surface area contributed by atoms with Gasteiger partial charge < -0.3 is 5.73 Å². The molecule has 0 bridgehead atoms. The van der Waals surface area contributed by atoms with Gasteiger partial charge in [0.05, 0.1) is 0 Å². The van der Waals surface area contributed by atoms with Gasteiger partial charge in [-0.15, -0.1) is 0 Å². The summed E-state index contributed by atoms with van der Waals surface area (Å²) in [6, 6.07) is 0. The molecule has 0 aliphatic carbocycles. The number of imidazole rings is 1. The standard InChI is InChI=1S/C11H16BrN3/c1-8(2)9(3)4-5-10(13)15-7-6-14-11(15)12/h4-8H,13H2,1-3H3/b9-4+,10-5+. The summed E-state index contributed by atoms with van der Waals surface area (Å²) in [4.78, 5) is 4.04. The molecule has 1 heterocycles. The molecule has 2 N–H and O–H groups in total. The molecule has 0 atom stereocenters. The third-order valence-corrected chi connectivity index (χ3v) is 2.89. The molecule has 0 amide bonds. The fraction of sp³-hybridized carbons (Fsp3) is 0.364. The van der Waals surface area contributed by atoms with Crippen LogP contribution in [0.2, 0.25) is 0 Å². The number of rotatable bonds is 3. The molecule has 0 aromatic carbocycles. The Bertz CT molecular complexity index is 388. The van der Waals surface area contributed by atoms with Crippen molar-refractivity contribution < 1.29 is 0 Å². The lowest BCUT2D eigenvalue weighted by Crippen LogP contribution is -2.05. The second-order valence-corrected chi connectivity index (χ2v) is 4.43. The topological polar surface area (TPSA) is 43.8 Å². The molecule has 1 aromatic heterocycles. The number of nitrogens with zero attached hydrogens (tertiary/aromatic N) is 2. The summed E-state index contributed by atoms with van der Waals surface area (Å²) in [5, 5.41) is 0. The fourth-order valence-corrected chi connectivity index (χ4v) is 1.41. The van der Waals surface area contributed by atoms with Gasteiger partial charge in [0.15, 0.2) is 4.73 Å². The van der Waals surface area contributed by atoms with Gasteiger partial charge in [0.2, 0.25) is 0 Å². The van der Waals surface area contributed by atoms with Gasteiger partial charge in [-0.25, -0.2) is 4.98 Å². The van der Waals surface area contributed by atoms with Crippen LogP contribution in [0.5, 0.6) is 0 Å². The van der Waals surface area contributed by atoms with Crippen molar-refractivity contribution >= 4 is 21.8 Å². The van der Waals surface area contributed by atoms with Crippen LogP contribution in [0.3, 0.4) is 0 Å². The molecule has 0 spiro atoms. The Hall–Kier alpha value is -1.03. The summed E-state index contributed by atoms with van der Waals surface area (Å²) in [7, 11) is 0. The second kappa shape index (κ2) is 5.16. The van der Waals surface area contributed by atoms with Gasteiger partial charge in [-0.05, 0) is 34.8 Å². The first-order valence-electron chi connectivity index (χ1n) is 4.85. The molecule has 1 aromatic rings. The van der Waals surface area contributed by atoms with E-state index in [2.05, 4.69) is 41.7 Å². The van der Waals surface area contributed by atoms with E-state index in [9.17, 15) is 0 Å². The molecular weight excluding hydrogens is 254 g/mol. The van der Waals surface area contributed by atoms with E-state index in [4.69, 9.17) is 5.73 Å². The highest BCUT2D eigenvalue weighted by Crippen LogP contribution is 2.12. The average Bonchev–Trinajstić information content (AvgIpc) is 2.60. The lowest BCUT2D eigenvalue weighted by molar-refractivity contribution is 0.769. The van der Waals surface area contributed by atoms with Crippen molar-refractivity contribution in [1.82, 2.24) is 9.55 Å². The molecule has 0 aliphatic heterocycles. The number of halogens is 1. The smallest absolute Gasteiger partial charge is 0.182 e. The average molecular weight is 270 g/mol. The molecule has 4 heteroatoms. The maximum Gasteiger partial charge on any atom is 0.182 e. The molecule has 0 fully saturated rings. The van der Waals surface area contributed by atoms with Gasteiger partial charge in [0, 0.05) is 12.4 Å².